The van der Waals surface area contributed by atoms with Gasteiger partial charge in [-0.25, -0.2) is 4.68 Å². The number of benzene rings is 1. The average molecular weight is 388 g/mol. The summed E-state index contributed by atoms with van der Waals surface area (Å²) in [5, 5.41) is 5.51. The number of pyridine rings is 1. The Morgan fingerprint density at radius 2 is 2.10 bits per heavy atom. The number of H-pyrrole nitrogens is 1. The van der Waals surface area contributed by atoms with Crippen molar-refractivity contribution in [3.63, 3.8) is 0 Å². The minimum Gasteiger partial charge on any atom is -0.384 e. The summed E-state index contributed by atoms with van der Waals surface area (Å²) in [6.45, 7) is 3.07. The predicted molar refractivity (Wildman–Crippen MR) is 113 cm³/mol. The van der Waals surface area contributed by atoms with Gasteiger partial charge in [0.25, 0.3) is 0 Å². The molecular weight excluding hydrogens is 364 g/mol. The number of aromatic nitrogens is 4. The molecule has 0 aliphatic heterocycles. The molecular formula is C22H24N6O. The van der Waals surface area contributed by atoms with Gasteiger partial charge < -0.3 is 15.6 Å². The van der Waals surface area contributed by atoms with Crippen LogP contribution in [-0.4, -0.2) is 37.1 Å². The minimum absolute atomic E-state index is 0.0245. The van der Waals surface area contributed by atoms with Gasteiger partial charge in [0.1, 0.15) is 12.4 Å². The largest absolute Gasteiger partial charge is 0.384 e. The fraction of sp³-hybridized carbons (Fsp3) is 0.227. The summed E-state index contributed by atoms with van der Waals surface area (Å²) in [7, 11) is 0. The summed E-state index contributed by atoms with van der Waals surface area (Å²) in [4.78, 5) is 22.4. The molecule has 4 rings (SSSR count). The van der Waals surface area contributed by atoms with Crippen molar-refractivity contribution in [3.8, 4) is 0 Å². The van der Waals surface area contributed by atoms with Crippen molar-refractivity contribution >= 4 is 22.6 Å². The fourth-order valence-corrected chi connectivity index (χ4v) is 3.52. The van der Waals surface area contributed by atoms with Crippen LogP contribution in [0.2, 0.25) is 0 Å². The number of amides is 1. The zero-order valence-corrected chi connectivity index (χ0v) is 16.4. The highest BCUT2D eigenvalue weighted by Crippen LogP contribution is 2.19. The van der Waals surface area contributed by atoms with Gasteiger partial charge in [0.2, 0.25) is 5.91 Å². The maximum atomic E-state index is 13.1. The third-order valence-corrected chi connectivity index (χ3v) is 4.99. The number of aromatic amines is 1. The number of carbonyl (C=O) groups is 1. The molecule has 1 amide bonds. The average Bonchev–Trinajstić information content (AvgIpc) is 3.28. The van der Waals surface area contributed by atoms with E-state index in [-0.39, 0.29) is 12.5 Å². The molecule has 3 heterocycles. The lowest BCUT2D eigenvalue weighted by atomic mass is 10.1. The SMILES string of the molecule is Cc1cc(N)n(CC(=O)N(CCc2c[nH]c3ccccc23)Cc2cccnc2)n1. The Bertz CT molecular complexity index is 1110. The van der Waals surface area contributed by atoms with Gasteiger partial charge in [-0.3, -0.25) is 9.78 Å². The number of nitrogen functional groups attached to an aromatic ring is 1. The van der Waals surface area contributed by atoms with Gasteiger partial charge in [-0.15, -0.1) is 0 Å². The van der Waals surface area contributed by atoms with Crippen LogP contribution in [0.4, 0.5) is 5.82 Å². The second-order valence-electron chi connectivity index (χ2n) is 7.15. The number of nitrogens with zero attached hydrogens (tertiary/aromatic N) is 4. The molecule has 0 bridgehead atoms. The first-order valence-corrected chi connectivity index (χ1v) is 9.62. The number of nitrogens with two attached hydrogens (primary N) is 1. The van der Waals surface area contributed by atoms with Crippen LogP contribution in [0.1, 0.15) is 16.8 Å². The normalized spacial score (nSPS) is 11.1. The molecule has 0 atom stereocenters. The minimum atomic E-state index is -0.0245. The first-order valence-electron chi connectivity index (χ1n) is 9.62. The van der Waals surface area contributed by atoms with Crippen LogP contribution < -0.4 is 5.73 Å². The molecule has 0 saturated heterocycles. The molecule has 0 fully saturated rings. The molecule has 7 heteroatoms. The van der Waals surface area contributed by atoms with Gasteiger partial charge in [-0.2, -0.15) is 5.10 Å². The highest BCUT2D eigenvalue weighted by atomic mass is 16.2. The Labute approximate surface area is 169 Å². The van der Waals surface area contributed by atoms with E-state index in [1.807, 2.05) is 42.3 Å². The summed E-state index contributed by atoms with van der Waals surface area (Å²) in [5.41, 5.74) is 10.1. The summed E-state index contributed by atoms with van der Waals surface area (Å²) >= 11 is 0. The molecule has 0 unspecified atom stereocenters. The highest BCUT2D eigenvalue weighted by Gasteiger charge is 2.17. The van der Waals surface area contributed by atoms with E-state index < -0.39 is 0 Å². The van der Waals surface area contributed by atoms with Gasteiger partial charge in [-0.05, 0) is 36.6 Å². The Morgan fingerprint density at radius 1 is 1.24 bits per heavy atom. The van der Waals surface area contributed by atoms with Crippen molar-refractivity contribution in [3.05, 3.63) is 77.9 Å². The van der Waals surface area contributed by atoms with Crippen LogP contribution >= 0.6 is 0 Å². The molecule has 0 saturated carbocycles. The number of fused-ring (bicyclic) bond motifs is 1. The fourth-order valence-electron chi connectivity index (χ4n) is 3.52. The lowest BCUT2D eigenvalue weighted by Gasteiger charge is -2.23. The second kappa shape index (κ2) is 8.18. The molecule has 148 valence electrons. The van der Waals surface area contributed by atoms with Gasteiger partial charge in [-0.1, -0.05) is 24.3 Å². The number of carbonyl (C=O) groups excluding carboxylic acids is 1. The number of anilines is 1. The van der Waals surface area contributed by atoms with Crippen LogP contribution in [-0.2, 0) is 24.3 Å². The summed E-state index contributed by atoms with van der Waals surface area (Å²) in [6, 6.07) is 13.8. The number of para-hydroxylation sites is 1. The van der Waals surface area contributed by atoms with E-state index in [4.69, 9.17) is 5.73 Å². The highest BCUT2D eigenvalue weighted by molar-refractivity contribution is 5.83. The Morgan fingerprint density at radius 3 is 2.86 bits per heavy atom. The van der Waals surface area contributed by atoms with Gasteiger partial charge in [0.15, 0.2) is 0 Å². The molecule has 29 heavy (non-hydrogen) atoms. The Balaban J connectivity index is 1.52. The molecule has 0 aliphatic rings. The molecule has 0 spiro atoms. The van der Waals surface area contributed by atoms with E-state index in [0.29, 0.717) is 18.9 Å². The zero-order valence-electron chi connectivity index (χ0n) is 16.4. The monoisotopic (exact) mass is 388 g/mol. The van der Waals surface area contributed by atoms with Crippen molar-refractivity contribution in [2.75, 3.05) is 12.3 Å². The maximum Gasteiger partial charge on any atom is 0.244 e. The number of hydrogen-bond acceptors (Lipinski definition) is 4. The van der Waals surface area contributed by atoms with E-state index in [2.05, 4.69) is 27.2 Å². The lowest BCUT2D eigenvalue weighted by Crippen LogP contribution is -2.35. The van der Waals surface area contributed by atoms with Crippen LogP contribution in [0.5, 0.6) is 0 Å². The summed E-state index contributed by atoms with van der Waals surface area (Å²) < 4.78 is 1.56. The van der Waals surface area contributed by atoms with E-state index in [1.54, 1.807) is 23.1 Å². The van der Waals surface area contributed by atoms with Gasteiger partial charge in [0, 0.05) is 48.6 Å². The quantitative estimate of drug-likeness (QED) is 0.509. The topological polar surface area (TPSA) is 92.8 Å². The van der Waals surface area contributed by atoms with Crippen LogP contribution in [0.3, 0.4) is 0 Å². The van der Waals surface area contributed by atoms with Crippen molar-refractivity contribution in [1.29, 1.82) is 0 Å². The van der Waals surface area contributed by atoms with Crippen LogP contribution in [0, 0.1) is 6.92 Å². The van der Waals surface area contributed by atoms with E-state index in [1.165, 1.54) is 10.9 Å². The van der Waals surface area contributed by atoms with Crippen molar-refractivity contribution in [1.82, 2.24) is 24.6 Å². The van der Waals surface area contributed by atoms with Gasteiger partial charge in [0.05, 0.1) is 5.69 Å². The first-order chi connectivity index (χ1) is 14.1. The van der Waals surface area contributed by atoms with E-state index in [0.717, 1.165) is 23.2 Å². The van der Waals surface area contributed by atoms with E-state index >= 15 is 0 Å². The molecule has 3 aromatic heterocycles. The smallest absolute Gasteiger partial charge is 0.244 e. The first kappa shape index (κ1) is 18.7. The lowest BCUT2D eigenvalue weighted by molar-refractivity contribution is -0.132. The summed E-state index contributed by atoms with van der Waals surface area (Å²) in [5.74, 6) is 0.470. The van der Waals surface area contributed by atoms with Crippen LogP contribution in [0.15, 0.2) is 61.1 Å². The van der Waals surface area contributed by atoms with Crippen molar-refractivity contribution < 1.29 is 4.79 Å². The van der Waals surface area contributed by atoms with Crippen molar-refractivity contribution in [2.45, 2.75) is 26.4 Å². The van der Waals surface area contributed by atoms with E-state index in [9.17, 15) is 4.79 Å². The number of rotatable bonds is 7. The number of hydrogen-bond donors (Lipinski definition) is 2. The molecule has 3 N–H and O–H groups in total. The predicted octanol–water partition coefficient (Wildman–Crippen LogP) is 2.92. The molecule has 7 nitrogen and oxygen atoms in total. The molecule has 0 aliphatic carbocycles. The number of nitrogens with one attached hydrogen (secondary N) is 1. The molecule has 1 aromatic carbocycles. The third kappa shape index (κ3) is 4.29. The zero-order chi connectivity index (χ0) is 20.2. The number of aryl methyl sites for hydroxylation is 1. The van der Waals surface area contributed by atoms with Crippen LogP contribution in [0.25, 0.3) is 10.9 Å². The van der Waals surface area contributed by atoms with Gasteiger partial charge >= 0.3 is 0 Å². The standard InChI is InChI=1S/C22H24N6O/c1-16-11-21(23)28(26-16)15-22(29)27(14-17-5-4-9-24-12-17)10-8-18-13-25-20-7-3-2-6-19(18)20/h2-7,9,11-13,25H,8,10,14-15,23H2,1H3. The summed E-state index contributed by atoms with van der Waals surface area (Å²) in [6.07, 6.45) is 6.29. The molecule has 0 radical (unpaired) electrons. The Hall–Kier alpha value is -3.61. The van der Waals surface area contributed by atoms with Crippen molar-refractivity contribution in [2.24, 2.45) is 0 Å². The second-order valence-corrected chi connectivity index (χ2v) is 7.15. The molecule has 4 aromatic rings. The Kier molecular flexibility index (Phi) is 5.29. The maximum absolute atomic E-state index is 13.1. The third-order valence-electron chi connectivity index (χ3n) is 4.99.